The van der Waals surface area contributed by atoms with Crippen LogP contribution in [0.3, 0.4) is 0 Å². The minimum absolute atomic E-state index is 0.0308. The van der Waals surface area contributed by atoms with E-state index in [0.29, 0.717) is 18.5 Å². The highest BCUT2D eigenvalue weighted by Crippen LogP contribution is 2.30. The Morgan fingerprint density at radius 1 is 1.16 bits per heavy atom. The lowest BCUT2D eigenvalue weighted by molar-refractivity contribution is -0.136. The minimum atomic E-state index is -0.793. The SMILES string of the molecule is O=C(NC[C@H]1CCCN2CCCC[C@H]12)C(=O)Nc1ccc(Cl)c(F)c1. The van der Waals surface area contributed by atoms with E-state index in [-0.39, 0.29) is 10.7 Å². The van der Waals surface area contributed by atoms with Crippen LogP contribution >= 0.6 is 11.6 Å². The van der Waals surface area contributed by atoms with E-state index in [9.17, 15) is 14.0 Å². The maximum atomic E-state index is 13.4. The predicted octanol–water partition coefficient (Wildman–Crippen LogP) is 2.80. The average molecular weight is 368 g/mol. The number of piperidine rings is 2. The Kier molecular flexibility index (Phi) is 5.91. The summed E-state index contributed by atoms with van der Waals surface area (Å²) >= 11 is 5.60. The van der Waals surface area contributed by atoms with E-state index in [0.717, 1.165) is 38.4 Å². The van der Waals surface area contributed by atoms with E-state index < -0.39 is 17.6 Å². The zero-order valence-electron chi connectivity index (χ0n) is 14.1. The Balaban J connectivity index is 1.51. The number of fused-ring (bicyclic) bond motifs is 1. The molecule has 0 aliphatic carbocycles. The highest BCUT2D eigenvalue weighted by atomic mass is 35.5. The van der Waals surface area contributed by atoms with Crippen LogP contribution in [-0.2, 0) is 9.59 Å². The van der Waals surface area contributed by atoms with Gasteiger partial charge in [-0.1, -0.05) is 18.0 Å². The van der Waals surface area contributed by atoms with Crippen LogP contribution in [0.2, 0.25) is 5.02 Å². The third-order valence-corrected chi connectivity index (χ3v) is 5.44. The van der Waals surface area contributed by atoms with Gasteiger partial charge in [-0.2, -0.15) is 0 Å². The summed E-state index contributed by atoms with van der Waals surface area (Å²) in [5, 5.41) is 5.10. The van der Waals surface area contributed by atoms with Gasteiger partial charge in [-0.15, -0.1) is 0 Å². The molecule has 2 saturated heterocycles. The molecule has 1 aromatic rings. The van der Waals surface area contributed by atoms with E-state index in [2.05, 4.69) is 15.5 Å². The fraction of sp³-hybridized carbons (Fsp3) is 0.556. The van der Waals surface area contributed by atoms with Crippen LogP contribution < -0.4 is 10.6 Å². The van der Waals surface area contributed by atoms with Gasteiger partial charge in [-0.25, -0.2) is 4.39 Å². The quantitative estimate of drug-likeness (QED) is 0.807. The molecule has 2 aliphatic rings. The number of amides is 2. The van der Waals surface area contributed by atoms with Gasteiger partial charge in [0.05, 0.1) is 5.02 Å². The predicted molar refractivity (Wildman–Crippen MR) is 95.0 cm³/mol. The van der Waals surface area contributed by atoms with Gasteiger partial charge in [0.2, 0.25) is 0 Å². The van der Waals surface area contributed by atoms with E-state index in [1.54, 1.807) is 0 Å². The summed E-state index contributed by atoms with van der Waals surface area (Å²) in [6.07, 6.45) is 5.85. The Hall–Kier alpha value is -1.66. The maximum Gasteiger partial charge on any atom is 0.313 e. The number of nitrogens with one attached hydrogen (secondary N) is 2. The average Bonchev–Trinajstić information content (AvgIpc) is 2.62. The molecule has 25 heavy (non-hydrogen) atoms. The molecular weight excluding hydrogens is 345 g/mol. The molecule has 1 aromatic carbocycles. The summed E-state index contributed by atoms with van der Waals surface area (Å²) in [6, 6.07) is 4.40. The summed E-state index contributed by atoms with van der Waals surface area (Å²) in [5.74, 6) is -1.74. The van der Waals surface area contributed by atoms with Crippen LogP contribution in [0.4, 0.5) is 10.1 Å². The number of halogens is 2. The van der Waals surface area contributed by atoms with Gasteiger partial charge in [0, 0.05) is 18.3 Å². The zero-order chi connectivity index (χ0) is 17.8. The van der Waals surface area contributed by atoms with Gasteiger partial charge < -0.3 is 15.5 Å². The Morgan fingerprint density at radius 2 is 1.96 bits per heavy atom. The minimum Gasteiger partial charge on any atom is -0.347 e. The number of rotatable bonds is 3. The Labute approximate surface area is 151 Å². The van der Waals surface area contributed by atoms with Crippen molar-refractivity contribution in [3.63, 3.8) is 0 Å². The van der Waals surface area contributed by atoms with Crippen molar-refractivity contribution in [1.29, 1.82) is 0 Å². The molecule has 5 nitrogen and oxygen atoms in total. The van der Waals surface area contributed by atoms with Crippen molar-refractivity contribution in [2.75, 3.05) is 25.0 Å². The Bertz CT molecular complexity index is 653. The normalized spacial score (nSPS) is 23.6. The molecule has 2 aliphatic heterocycles. The van der Waals surface area contributed by atoms with Gasteiger partial charge in [-0.3, -0.25) is 9.59 Å². The summed E-state index contributed by atoms with van der Waals surface area (Å²) in [7, 11) is 0. The van der Waals surface area contributed by atoms with Crippen LogP contribution in [0.25, 0.3) is 0 Å². The van der Waals surface area contributed by atoms with Crippen molar-refractivity contribution in [3.05, 3.63) is 29.0 Å². The first-order valence-corrected chi connectivity index (χ1v) is 9.20. The van der Waals surface area contributed by atoms with Gasteiger partial charge >= 0.3 is 11.8 Å². The summed E-state index contributed by atoms with van der Waals surface area (Å²) < 4.78 is 13.4. The van der Waals surface area contributed by atoms with Crippen molar-refractivity contribution in [2.45, 2.75) is 38.1 Å². The van der Waals surface area contributed by atoms with Gasteiger partial charge in [0.1, 0.15) is 5.82 Å². The van der Waals surface area contributed by atoms with Crippen LogP contribution in [0.1, 0.15) is 32.1 Å². The van der Waals surface area contributed by atoms with Crippen LogP contribution in [0.5, 0.6) is 0 Å². The third-order valence-electron chi connectivity index (χ3n) is 5.14. The number of nitrogens with zero attached hydrogens (tertiary/aromatic N) is 1. The summed E-state index contributed by atoms with van der Waals surface area (Å²) in [5.41, 5.74) is 0.207. The van der Waals surface area contributed by atoms with Gasteiger partial charge in [0.25, 0.3) is 0 Å². The second kappa shape index (κ2) is 8.15. The van der Waals surface area contributed by atoms with Crippen molar-refractivity contribution < 1.29 is 14.0 Å². The van der Waals surface area contributed by atoms with Crippen LogP contribution in [-0.4, -0.2) is 42.4 Å². The largest absolute Gasteiger partial charge is 0.347 e. The lowest BCUT2D eigenvalue weighted by Crippen LogP contribution is -2.51. The third kappa shape index (κ3) is 4.50. The number of carbonyl (C=O) groups excluding carboxylic acids is 2. The summed E-state index contributed by atoms with van der Waals surface area (Å²) in [6.45, 7) is 2.78. The standard InChI is InChI=1S/C18H23ClFN3O2/c19-14-7-6-13(10-15(14)20)22-18(25)17(24)21-11-12-4-3-9-23-8-2-1-5-16(12)23/h6-7,10,12,16H,1-5,8-9,11H2,(H,21,24)(H,22,25)/t12-,16-/m1/s1. The first-order valence-electron chi connectivity index (χ1n) is 8.83. The molecule has 0 unspecified atom stereocenters. The number of hydrogen-bond acceptors (Lipinski definition) is 3. The van der Waals surface area contributed by atoms with Crippen molar-refractivity contribution in [1.82, 2.24) is 10.2 Å². The molecule has 2 atom stereocenters. The molecule has 2 amide bonds. The molecule has 3 rings (SSSR count). The zero-order valence-corrected chi connectivity index (χ0v) is 14.8. The van der Waals surface area contributed by atoms with Gasteiger partial charge in [0.15, 0.2) is 0 Å². The van der Waals surface area contributed by atoms with Crippen molar-refractivity contribution in [2.24, 2.45) is 5.92 Å². The van der Waals surface area contributed by atoms with E-state index in [1.807, 2.05) is 0 Å². The fourth-order valence-corrected chi connectivity index (χ4v) is 4.00. The van der Waals surface area contributed by atoms with E-state index in [4.69, 9.17) is 11.6 Å². The van der Waals surface area contributed by atoms with Crippen LogP contribution in [0, 0.1) is 11.7 Å². The van der Waals surface area contributed by atoms with E-state index >= 15 is 0 Å². The number of anilines is 1. The molecule has 136 valence electrons. The Morgan fingerprint density at radius 3 is 2.76 bits per heavy atom. The first-order chi connectivity index (χ1) is 12.0. The second-order valence-electron chi connectivity index (χ2n) is 6.79. The topological polar surface area (TPSA) is 61.4 Å². The van der Waals surface area contributed by atoms with Crippen LogP contribution in [0.15, 0.2) is 18.2 Å². The molecule has 2 heterocycles. The maximum absolute atomic E-state index is 13.4. The first kappa shape index (κ1) is 18.1. The molecule has 2 fully saturated rings. The second-order valence-corrected chi connectivity index (χ2v) is 7.20. The van der Waals surface area contributed by atoms with Crippen molar-refractivity contribution >= 4 is 29.1 Å². The molecule has 0 aromatic heterocycles. The number of benzene rings is 1. The molecule has 0 saturated carbocycles. The van der Waals surface area contributed by atoms with Gasteiger partial charge in [-0.05, 0) is 62.9 Å². The highest BCUT2D eigenvalue weighted by Gasteiger charge is 2.33. The molecule has 0 radical (unpaired) electrons. The fourth-order valence-electron chi connectivity index (χ4n) is 3.88. The molecule has 2 N–H and O–H groups in total. The lowest BCUT2D eigenvalue weighted by Gasteiger charge is -2.44. The van der Waals surface area contributed by atoms with E-state index in [1.165, 1.54) is 25.0 Å². The monoisotopic (exact) mass is 367 g/mol. The lowest BCUT2D eigenvalue weighted by atomic mass is 9.83. The number of carbonyl (C=O) groups is 2. The number of hydrogen-bond donors (Lipinski definition) is 2. The van der Waals surface area contributed by atoms with Crippen molar-refractivity contribution in [3.8, 4) is 0 Å². The highest BCUT2D eigenvalue weighted by molar-refractivity contribution is 6.39. The molecule has 0 spiro atoms. The molecule has 7 heteroatoms. The molecular formula is C18H23ClFN3O2. The summed E-state index contributed by atoms with van der Waals surface area (Å²) in [4.78, 5) is 26.5. The smallest absolute Gasteiger partial charge is 0.313 e. The molecule has 0 bridgehead atoms.